The second-order valence-electron chi connectivity index (χ2n) is 5.50. The van der Waals surface area contributed by atoms with Gasteiger partial charge in [-0.2, -0.15) is 0 Å². The van der Waals surface area contributed by atoms with Gasteiger partial charge in [-0.15, -0.1) is 0 Å². The van der Waals surface area contributed by atoms with E-state index in [1.807, 2.05) is 0 Å². The molecule has 0 amide bonds. The van der Waals surface area contributed by atoms with E-state index in [-0.39, 0.29) is 10.9 Å². The molecule has 0 spiro atoms. The molecule has 3 rings (SSSR count). The molecule has 110 valence electrons. The molecule has 0 aromatic heterocycles. The summed E-state index contributed by atoms with van der Waals surface area (Å²) < 4.78 is 41.1. The predicted octanol–water partition coefficient (Wildman–Crippen LogP) is 2.15. The minimum Gasteiger partial charge on any atom is -0.311 e. The average molecular weight is 363 g/mol. The van der Waals surface area contributed by atoms with Crippen LogP contribution in [-0.2, 0) is 10.0 Å². The molecule has 2 fully saturated rings. The van der Waals surface area contributed by atoms with Gasteiger partial charge in [0, 0.05) is 22.6 Å². The van der Waals surface area contributed by atoms with Crippen LogP contribution in [0.2, 0.25) is 0 Å². The molecule has 2 N–H and O–H groups in total. The van der Waals surface area contributed by atoms with Gasteiger partial charge in [0.2, 0.25) is 10.0 Å². The molecular formula is C13H16BrFN2O2S. The van der Waals surface area contributed by atoms with E-state index in [4.69, 9.17) is 0 Å². The fourth-order valence-corrected chi connectivity index (χ4v) is 5.36. The summed E-state index contributed by atoms with van der Waals surface area (Å²) >= 11 is 3.17. The molecule has 1 aromatic carbocycles. The van der Waals surface area contributed by atoms with Gasteiger partial charge in [0.15, 0.2) is 0 Å². The summed E-state index contributed by atoms with van der Waals surface area (Å²) in [6, 6.07) is 4.41. The Hall–Kier alpha value is -0.500. The van der Waals surface area contributed by atoms with Crippen molar-refractivity contribution in [3.8, 4) is 0 Å². The lowest BCUT2D eigenvalue weighted by Gasteiger charge is -2.29. The van der Waals surface area contributed by atoms with Gasteiger partial charge in [-0.3, -0.25) is 0 Å². The van der Waals surface area contributed by atoms with Crippen LogP contribution in [0.5, 0.6) is 0 Å². The quantitative estimate of drug-likeness (QED) is 0.865. The smallest absolute Gasteiger partial charge is 0.242 e. The number of halogens is 2. The Morgan fingerprint density at radius 3 is 2.55 bits per heavy atom. The van der Waals surface area contributed by atoms with Crippen LogP contribution < -0.4 is 10.0 Å². The first kappa shape index (κ1) is 14.4. The van der Waals surface area contributed by atoms with Crippen LogP contribution in [0, 0.1) is 5.82 Å². The van der Waals surface area contributed by atoms with E-state index in [0.717, 1.165) is 31.7 Å². The van der Waals surface area contributed by atoms with Crippen LogP contribution in [0.4, 0.5) is 4.39 Å². The Morgan fingerprint density at radius 1 is 1.25 bits per heavy atom. The van der Waals surface area contributed by atoms with Gasteiger partial charge in [0.1, 0.15) is 5.82 Å². The molecule has 0 aliphatic carbocycles. The topological polar surface area (TPSA) is 58.2 Å². The maximum Gasteiger partial charge on any atom is 0.242 e. The van der Waals surface area contributed by atoms with Crippen molar-refractivity contribution in [2.45, 2.75) is 48.7 Å². The Bertz CT molecular complexity index is 611. The van der Waals surface area contributed by atoms with Crippen molar-refractivity contribution < 1.29 is 12.8 Å². The zero-order chi connectivity index (χ0) is 14.3. The predicted molar refractivity (Wildman–Crippen MR) is 77.4 cm³/mol. The minimum atomic E-state index is -3.70. The summed E-state index contributed by atoms with van der Waals surface area (Å²) in [6.45, 7) is 0. The number of benzene rings is 1. The van der Waals surface area contributed by atoms with Crippen LogP contribution in [0.15, 0.2) is 27.6 Å². The zero-order valence-corrected chi connectivity index (χ0v) is 13.2. The fourth-order valence-electron chi connectivity index (χ4n) is 3.12. The summed E-state index contributed by atoms with van der Waals surface area (Å²) in [5, 5.41) is 3.46. The SMILES string of the molecule is O=S(=O)(NC1CC2CCC(C1)N2)c1cc(F)ccc1Br. The van der Waals surface area contributed by atoms with Crippen molar-refractivity contribution in [2.75, 3.05) is 0 Å². The molecule has 7 heteroatoms. The average Bonchev–Trinajstić information content (AvgIpc) is 2.71. The van der Waals surface area contributed by atoms with E-state index in [2.05, 4.69) is 26.0 Å². The van der Waals surface area contributed by atoms with Crippen molar-refractivity contribution in [2.24, 2.45) is 0 Å². The number of rotatable bonds is 3. The van der Waals surface area contributed by atoms with E-state index in [9.17, 15) is 12.8 Å². The molecule has 2 aliphatic rings. The molecular weight excluding hydrogens is 347 g/mol. The largest absolute Gasteiger partial charge is 0.311 e. The third kappa shape index (κ3) is 2.90. The standard InChI is InChI=1S/C13H16BrFN2O2S/c14-12-4-1-8(15)5-13(12)20(18,19)17-11-6-9-2-3-10(7-11)16-9/h1,4-5,9-11,16-17H,2-3,6-7H2. The highest BCUT2D eigenvalue weighted by atomic mass is 79.9. The molecule has 0 saturated carbocycles. The summed E-state index contributed by atoms with van der Waals surface area (Å²) in [4.78, 5) is -0.0385. The van der Waals surface area contributed by atoms with Crippen LogP contribution >= 0.6 is 15.9 Å². The Balaban J connectivity index is 1.80. The number of hydrogen-bond donors (Lipinski definition) is 2. The highest BCUT2D eigenvalue weighted by Gasteiger charge is 2.35. The van der Waals surface area contributed by atoms with Crippen molar-refractivity contribution >= 4 is 26.0 Å². The van der Waals surface area contributed by atoms with Crippen LogP contribution in [-0.4, -0.2) is 26.5 Å². The molecule has 2 saturated heterocycles. The van der Waals surface area contributed by atoms with Gasteiger partial charge in [0.25, 0.3) is 0 Å². The Kier molecular flexibility index (Phi) is 3.87. The first-order valence-electron chi connectivity index (χ1n) is 6.67. The molecule has 2 atom stereocenters. The first-order valence-corrected chi connectivity index (χ1v) is 8.95. The molecule has 2 heterocycles. The Morgan fingerprint density at radius 2 is 1.90 bits per heavy atom. The maximum atomic E-state index is 13.3. The van der Waals surface area contributed by atoms with Crippen molar-refractivity contribution in [3.63, 3.8) is 0 Å². The van der Waals surface area contributed by atoms with Gasteiger partial charge >= 0.3 is 0 Å². The van der Waals surface area contributed by atoms with Gasteiger partial charge in [-0.1, -0.05) is 0 Å². The van der Waals surface area contributed by atoms with Crippen LogP contribution in [0.3, 0.4) is 0 Å². The molecule has 2 bridgehead atoms. The number of sulfonamides is 1. The molecule has 0 radical (unpaired) electrons. The third-order valence-electron chi connectivity index (χ3n) is 3.98. The van der Waals surface area contributed by atoms with Gasteiger partial charge in [-0.05, 0) is 59.8 Å². The maximum absolute atomic E-state index is 13.3. The number of fused-ring (bicyclic) bond motifs is 2. The normalized spacial score (nSPS) is 29.6. The van der Waals surface area contributed by atoms with Crippen molar-refractivity contribution in [3.05, 3.63) is 28.5 Å². The van der Waals surface area contributed by atoms with E-state index in [1.165, 1.54) is 12.1 Å². The number of piperidine rings is 1. The molecule has 4 nitrogen and oxygen atoms in total. The van der Waals surface area contributed by atoms with Crippen molar-refractivity contribution in [1.82, 2.24) is 10.0 Å². The van der Waals surface area contributed by atoms with E-state index in [1.54, 1.807) is 0 Å². The fraction of sp³-hybridized carbons (Fsp3) is 0.538. The van der Waals surface area contributed by atoms with Gasteiger partial charge < -0.3 is 5.32 Å². The summed E-state index contributed by atoms with van der Waals surface area (Å²) in [5.74, 6) is -0.557. The highest BCUT2D eigenvalue weighted by molar-refractivity contribution is 9.10. The highest BCUT2D eigenvalue weighted by Crippen LogP contribution is 2.29. The van der Waals surface area contributed by atoms with E-state index < -0.39 is 15.8 Å². The monoisotopic (exact) mass is 362 g/mol. The van der Waals surface area contributed by atoms with Crippen LogP contribution in [0.25, 0.3) is 0 Å². The summed E-state index contributed by atoms with van der Waals surface area (Å²) in [5.41, 5.74) is 0. The minimum absolute atomic E-state index is 0.0385. The van der Waals surface area contributed by atoms with Gasteiger partial charge in [0.05, 0.1) is 4.90 Å². The lowest BCUT2D eigenvalue weighted by Crippen LogP contribution is -2.47. The molecule has 2 unspecified atom stereocenters. The van der Waals surface area contributed by atoms with E-state index >= 15 is 0 Å². The lowest BCUT2D eigenvalue weighted by molar-refractivity contribution is 0.345. The third-order valence-corrected chi connectivity index (χ3v) is 6.49. The summed E-state index contributed by atoms with van der Waals surface area (Å²) in [7, 11) is -3.70. The zero-order valence-electron chi connectivity index (χ0n) is 10.8. The first-order chi connectivity index (χ1) is 9.44. The second kappa shape index (κ2) is 5.36. The second-order valence-corrected chi connectivity index (χ2v) is 8.04. The van der Waals surface area contributed by atoms with Gasteiger partial charge in [-0.25, -0.2) is 17.5 Å². The molecule has 1 aromatic rings. The number of hydrogen-bond acceptors (Lipinski definition) is 3. The molecule has 2 aliphatic heterocycles. The molecule has 20 heavy (non-hydrogen) atoms. The van der Waals surface area contributed by atoms with Crippen molar-refractivity contribution in [1.29, 1.82) is 0 Å². The van der Waals surface area contributed by atoms with E-state index in [0.29, 0.717) is 16.6 Å². The lowest BCUT2D eigenvalue weighted by atomic mass is 10.0. The number of nitrogens with one attached hydrogen (secondary N) is 2. The summed E-state index contributed by atoms with van der Waals surface area (Å²) in [6.07, 6.45) is 3.80. The Labute approximate surface area is 126 Å². The van der Waals surface area contributed by atoms with Crippen LogP contribution in [0.1, 0.15) is 25.7 Å².